The number of ketones is 1. The minimum Gasteiger partial charge on any atom is -0.456 e. The van der Waals surface area contributed by atoms with Crippen molar-refractivity contribution in [2.24, 2.45) is 5.73 Å². The van der Waals surface area contributed by atoms with Gasteiger partial charge in [0, 0.05) is 12.1 Å². The molecule has 0 spiro atoms. The van der Waals surface area contributed by atoms with Crippen molar-refractivity contribution in [1.82, 2.24) is 0 Å². The van der Waals surface area contributed by atoms with Crippen LogP contribution in [0.2, 0.25) is 0 Å². The number of nitro benzene ring substituents is 1. The topological polar surface area (TPSA) is 113 Å². The van der Waals surface area contributed by atoms with Gasteiger partial charge in [0.05, 0.1) is 4.92 Å². The monoisotopic (exact) mass is 334 g/mol. The molecule has 1 unspecified atom stereocenters. The van der Waals surface area contributed by atoms with Gasteiger partial charge in [-0.1, -0.05) is 19.6 Å². The number of benzene rings is 1. The molecular weight excluding hydrogens is 312 g/mol. The highest BCUT2D eigenvalue weighted by Crippen LogP contribution is 2.26. The number of ether oxygens (including phenoxy) is 1. The maximum Gasteiger partial charge on any atom is 0.342 e. The fourth-order valence-corrected chi connectivity index (χ4v) is 1.95. The molecule has 0 radical (unpaired) electrons. The van der Waals surface area contributed by atoms with Gasteiger partial charge in [-0.3, -0.25) is 14.9 Å². The fourth-order valence-electron chi connectivity index (χ4n) is 1.95. The van der Waals surface area contributed by atoms with E-state index in [-0.39, 0.29) is 11.6 Å². The number of rotatable bonds is 6. The molecule has 0 aliphatic carbocycles. The Kier molecular flexibility index (Phi) is 5.98. The van der Waals surface area contributed by atoms with Gasteiger partial charge in [0.1, 0.15) is 16.7 Å². The van der Waals surface area contributed by atoms with Crippen molar-refractivity contribution in [2.75, 3.05) is 0 Å². The van der Waals surface area contributed by atoms with Crippen LogP contribution in [0.25, 0.3) is 0 Å². The number of nitro groups is 1. The second-order valence-electron chi connectivity index (χ2n) is 6.36. The number of nitrogens with zero attached hydrogens (tertiary/aromatic N) is 1. The van der Waals surface area contributed by atoms with Crippen LogP contribution in [0.3, 0.4) is 0 Å². The highest BCUT2D eigenvalue weighted by Gasteiger charge is 2.29. The molecule has 1 atom stereocenters. The average molecular weight is 334 g/mol. The van der Waals surface area contributed by atoms with E-state index in [1.54, 1.807) is 20.8 Å². The van der Waals surface area contributed by atoms with Gasteiger partial charge in [-0.2, -0.15) is 0 Å². The molecule has 0 fully saturated rings. The molecule has 0 aliphatic heterocycles. The van der Waals surface area contributed by atoms with Crippen molar-refractivity contribution in [1.29, 1.82) is 0 Å². The molecule has 0 aromatic heterocycles. The number of nitrogens with two attached hydrogens (primary N) is 1. The summed E-state index contributed by atoms with van der Waals surface area (Å²) in [6.45, 7) is 10.2. The first-order chi connectivity index (χ1) is 11.0. The molecule has 1 aromatic rings. The zero-order valence-corrected chi connectivity index (χ0v) is 14.3. The highest BCUT2D eigenvalue weighted by molar-refractivity contribution is 6.25. The predicted octanol–water partition coefficient (Wildman–Crippen LogP) is 3.09. The fraction of sp³-hybridized carbons (Fsp3) is 0.412. The zero-order chi connectivity index (χ0) is 18.7. The number of hydrogen-bond donors (Lipinski definition) is 1. The standard InChI is InChI=1S/C17H22N2O5/c1-6-13(18)11-7-8-12(14(9-11)19(22)23)15(20)10(2)16(21)24-17(3,4)5/h7-9,13H,2,6,18H2,1,3-5H3. The number of esters is 1. The van der Waals surface area contributed by atoms with Gasteiger partial charge in [0.15, 0.2) is 0 Å². The maximum absolute atomic E-state index is 12.4. The Hall–Kier alpha value is -2.54. The van der Waals surface area contributed by atoms with E-state index in [2.05, 4.69) is 6.58 Å². The normalized spacial score (nSPS) is 12.4. The minimum absolute atomic E-state index is 0.220. The number of carbonyl (C=O) groups is 2. The summed E-state index contributed by atoms with van der Waals surface area (Å²) in [6.07, 6.45) is 0.592. The Labute approximate surface area is 140 Å². The maximum atomic E-state index is 12.4. The van der Waals surface area contributed by atoms with Crippen LogP contribution < -0.4 is 5.73 Å². The first-order valence-electron chi connectivity index (χ1n) is 7.48. The molecule has 24 heavy (non-hydrogen) atoms. The van der Waals surface area contributed by atoms with Crippen molar-refractivity contribution in [3.63, 3.8) is 0 Å². The van der Waals surface area contributed by atoms with E-state index in [9.17, 15) is 19.7 Å². The summed E-state index contributed by atoms with van der Waals surface area (Å²) in [5.74, 6) is -1.75. The van der Waals surface area contributed by atoms with Gasteiger partial charge in [-0.15, -0.1) is 0 Å². The van der Waals surface area contributed by atoms with E-state index >= 15 is 0 Å². The van der Waals surface area contributed by atoms with Gasteiger partial charge in [-0.25, -0.2) is 4.79 Å². The molecule has 0 heterocycles. The van der Waals surface area contributed by atoms with Crippen molar-refractivity contribution < 1.29 is 19.2 Å². The highest BCUT2D eigenvalue weighted by atomic mass is 16.6. The first-order valence-corrected chi connectivity index (χ1v) is 7.48. The van der Waals surface area contributed by atoms with Crippen LogP contribution in [-0.4, -0.2) is 22.3 Å². The van der Waals surface area contributed by atoms with E-state index in [1.165, 1.54) is 18.2 Å². The SMILES string of the molecule is C=C(C(=O)OC(C)(C)C)C(=O)c1ccc(C(N)CC)cc1[N+](=O)[O-]. The minimum atomic E-state index is -0.906. The Morgan fingerprint density at radius 3 is 2.42 bits per heavy atom. The van der Waals surface area contributed by atoms with E-state index in [0.717, 1.165) is 0 Å². The largest absolute Gasteiger partial charge is 0.456 e. The summed E-state index contributed by atoms with van der Waals surface area (Å²) in [6, 6.07) is 3.71. The Morgan fingerprint density at radius 2 is 1.96 bits per heavy atom. The van der Waals surface area contributed by atoms with Crippen LogP contribution in [0.5, 0.6) is 0 Å². The summed E-state index contributed by atoms with van der Waals surface area (Å²) in [5, 5.41) is 11.3. The first kappa shape index (κ1) is 19.5. The summed E-state index contributed by atoms with van der Waals surface area (Å²) in [4.78, 5) is 35.0. The van der Waals surface area contributed by atoms with Crippen LogP contribution in [0.1, 0.15) is 56.1 Å². The molecule has 1 aromatic carbocycles. The van der Waals surface area contributed by atoms with Crippen molar-refractivity contribution in [3.05, 3.63) is 51.6 Å². The summed E-state index contributed by atoms with van der Waals surface area (Å²) < 4.78 is 5.07. The average Bonchev–Trinajstić information content (AvgIpc) is 2.50. The van der Waals surface area contributed by atoms with Crippen LogP contribution in [0, 0.1) is 10.1 Å². The van der Waals surface area contributed by atoms with Gasteiger partial charge in [0.25, 0.3) is 5.69 Å². The number of hydrogen-bond acceptors (Lipinski definition) is 6. The van der Waals surface area contributed by atoms with E-state index in [4.69, 9.17) is 10.5 Å². The Balaban J connectivity index is 3.21. The molecule has 0 aliphatic rings. The van der Waals surface area contributed by atoms with E-state index in [0.29, 0.717) is 12.0 Å². The molecule has 1 rings (SSSR count). The molecule has 7 heteroatoms. The van der Waals surface area contributed by atoms with Crippen LogP contribution in [0.4, 0.5) is 5.69 Å². The van der Waals surface area contributed by atoms with Crippen molar-refractivity contribution >= 4 is 17.4 Å². The molecule has 0 amide bonds. The molecule has 0 saturated heterocycles. The quantitative estimate of drug-likeness (QED) is 0.163. The molecular formula is C17H22N2O5. The zero-order valence-electron chi connectivity index (χ0n) is 14.3. The molecule has 2 N–H and O–H groups in total. The smallest absolute Gasteiger partial charge is 0.342 e. The van der Waals surface area contributed by atoms with Crippen LogP contribution in [-0.2, 0) is 9.53 Å². The lowest BCUT2D eigenvalue weighted by atomic mass is 9.97. The lowest BCUT2D eigenvalue weighted by Crippen LogP contribution is -2.27. The third kappa shape index (κ3) is 4.73. The third-order valence-electron chi connectivity index (χ3n) is 3.25. The summed E-state index contributed by atoms with van der Waals surface area (Å²) in [5.41, 5.74) is 4.52. The molecule has 0 saturated carbocycles. The lowest BCUT2D eigenvalue weighted by molar-refractivity contribution is -0.385. The number of Topliss-reactive ketones (excluding diaryl/α,β-unsaturated/α-hetero) is 1. The molecule has 130 valence electrons. The van der Waals surface area contributed by atoms with Gasteiger partial charge in [0.2, 0.25) is 5.78 Å². The Bertz CT molecular complexity index is 689. The second kappa shape index (κ2) is 7.35. The van der Waals surface area contributed by atoms with E-state index < -0.39 is 33.5 Å². The van der Waals surface area contributed by atoms with Crippen molar-refractivity contribution in [3.8, 4) is 0 Å². The third-order valence-corrected chi connectivity index (χ3v) is 3.25. The van der Waals surface area contributed by atoms with Gasteiger partial charge in [-0.05, 0) is 38.8 Å². The summed E-state index contributed by atoms with van der Waals surface area (Å²) in [7, 11) is 0. The molecule has 0 bridgehead atoms. The van der Waals surface area contributed by atoms with Gasteiger partial charge < -0.3 is 10.5 Å². The van der Waals surface area contributed by atoms with Crippen LogP contribution in [0.15, 0.2) is 30.4 Å². The van der Waals surface area contributed by atoms with Gasteiger partial charge >= 0.3 is 5.97 Å². The Morgan fingerprint density at radius 1 is 1.38 bits per heavy atom. The van der Waals surface area contributed by atoms with E-state index in [1.807, 2.05) is 6.92 Å². The second-order valence-corrected chi connectivity index (χ2v) is 6.36. The van der Waals surface area contributed by atoms with Crippen molar-refractivity contribution in [2.45, 2.75) is 45.8 Å². The van der Waals surface area contributed by atoms with Crippen LogP contribution >= 0.6 is 0 Å². The number of carbonyl (C=O) groups excluding carboxylic acids is 2. The lowest BCUT2D eigenvalue weighted by Gasteiger charge is -2.19. The molecule has 7 nitrogen and oxygen atoms in total. The predicted molar refractivity (Wildman–Crippen MR) is 89.6 cm³/mol. The summed E-state index contributed by atoms with van der Waals surface area (Å²) >= 11 is 0.